The van der Waals surface area contributed by atoms with Crippen LogP contribution in [0.2, 0.25) is 0 Å². The van der Waals surface area contributed by atoms with Crippen molar-refractivity contribution in [2.45, 2.75) is 74.4 Å². The number of rotatable bonds is 5. The van der Waals surface area contributed by atoms with Crippen molar-refractivity contribution in [1.82, 2.24) is 20.2 Å². The first-order valence-corrected chi connectivity index (χ1v) is 11.2. The van der Waals surface area contributed by atoms with E-state index in [-0.39, 0.29) is 23.6 Å². The minimum atomic E-state index is -0.551. The minimum Gasteiger partial charge on any atom is -0.335 e. The number of para-hydroxylation sites is 1. The van der Waals surface area contributed by atoms with Crippen LogP contribution in [0.15, 0.2) is 34.2 Å². The maximum atomic E-state index is 12.9. The second-order valence-corrected chi connectivity index (χ2v) is 9.18. The number of hydrogen-bond acceptors (Lipinski definition) is 5. The number of nitrogens with zero attached hydrogens (tertiary/aromatic N) is 2. The van der Waals surface area contributed by atoms with Crippen molar-refractivity contribution in [3.05, 3.63) is 34.6 Å². The van der Waals surface area contributed by atoms with Gasteiger partial charge in [0, 0.05) is 12.1 Å². The minimum absolute atomic E-state index is 0.0664. The zero-order valence-electron chi connectivity index (χ0n) is 16.5. The lowest BCUT2D eigenvalue weighted by molar-refractivity contribution is -0.119. The number of carbonyl (C=O) groups is 2. The highest BCUT2D eigenvalue weighted by Gasteiger charge is 2.30. The van der Waals surface area contributed by atoms with E-state index in [0.29, 0.717) is 16.1 Å². The molecule has 0 bridgehead atoms. The van der Waals surface area contributed by atoms with Crippen LogP contribution >= 0.6 is 11.8 Å². The van der Waals surface area contributed by atoms with Crippen LogP contribution < -0.4 is 16.2 Å². The normalized spacial score (nSPS) is 18.4. The molecular formula is C21H26N4O3S. The predicted molar refractivity (Wildman–Crippen MR) is 113 cm³/mol. The van der Waals surface area contributed by atoms with Crippen LogP contribution in [0, 0.1) is 0 Å². The Morgan fingerprint density at radius 3 is 2.59 bits per heavy atom. The van der Waals surface area contributed by atoms with Gasteiger partial charge in [0.15, 0.2) is 5.16 Å². The fourth-order valence-electron chi connectivity index (χ4n) is 3.76. The molecule has 1 atom stereocenters. The summed E-state index contributed by atoms with van der Waals surface area (Å²) in [6.45, 7) is 1.73. The number of nitrogens with one attached hydrogen (secondary N) is 2. The van der Waals surface area contributed by atoms with Gasteiger partial charge in [0.05, 0.1) is 16.2 Å². The summed E-state index contributed by atoms with van der Waals surface area (Å²) >= 11 is 1.22. The number of hydrogen-bond donors (Lipinski definition) is 2. The van der Waals surface area contributed by atoms with Crippen molar-refractivity contribution in [2.24, 2.45) is 0 Å². The van der Waals surface area contributed by atoms with E-state index >= 15 is 0 Å². The average Bonchev–Trinajstić information content (AvgIpc) is 3.54. The molecule has 154 valence electrons. The van der Waals surface area contributed by atoms with E-state index in [4.69, 9.17) is 0 Å². The Morgan fingerprint density at radius 2 is 1.86 bits per heavy atom. The first-order chi connectivity index (χ1) is 14.0. The van der Waals surface area contributed by atoms with Crippen molar-refractivity contribution in [3.8, 4) is 0 Å². The fourth-order valence-corrected chi connectivity index (χ4v) is 4.74. The molecule has 2 aliphatic rings. The number of aromatic nitrogens is 2. The van der Waals surface area contributed by atoms with Gasteiger partial charge < -0.3 is 5.32 Å². The Kier molecular flexibility index (Phi) is 5.89. The molecule has 2 N–H and O–H groups in total. The van der Waals surface area contributed by atoms with Crippen molar-refractivity contribution >= 4 is 34.6 Å². The molecule has 1 heterocycles. The molecule has 0 saturated heterocycles. The van der Waals surface area contributed by atoms with Crippen LogP contribution in [-0.2, 0) is 4.79 Å². The van der Waals surface area contributed by atoms with Crippen LogP contribution in [0.3, 0.4) is 0 Å². The Balaban J connectivity index is 1.46. The lowest BCUT2D eigenvalue weighted by Gasteiger charge is -2.23. The monoisotopic (exact) mass is 414 g/mol. The highest BCUT2D eigenvalue weighted by molar-refractivity contribution is 8.00. The molecule has 2 saturated carbocycles. The largest absolute Gasteiger partial charge is 0.335 e. The zero-order valence-corrected chi connectivity index (χ0v) is 17.3. The molecule has 1 aromatic carbocycles. The van der Waals surface area contributed by atoms with E-state index in [1.54, 1.807) is 23.6 Å². The zero-order chi connectivity index (χ0) is 20.4. The molecule has 3 amide bonds. The van der Waals surface area contributed by atoms with Crippen LogP contribution in [0.4, 0.5) is 4.79 Å². The quantitative estimate of drug-likeness (QED) is 0.578. The summed E-state index contributed by atoms with van der Waals surface area (Å²) < 4.78 is 1.71. The predicted octanol–water partition coefficient (Wildman–Crippen LogP) is 3.37. The smallest absolute Gasteiger partial charge is 0.321 e. The van der Waals surface area contributed by atoms with Crippen molar-refractivity contribution in [1.29, 1.82) is 0 Å². The molecule has 2 aliphatic carbocycles. The van der Waals surface area contributed by atoms with Gasteiger partial charge >= 0.3 is 6.03 Å². The molecule has 29 heavy (non-hydrogen) atoms. The number of thioether (sulfide) groups is 1. The van der Waals surface area contributed by atoms with E-state index in [1.165, 1.54) is 18.2 Å². The Bertz CT molecular complexity index is 980. The fraction of sp³-hybridized carbons (Fsp3) is 0.524. The summed E-state index contributed by atoms with van der Waals surface area (Å²) in [5.74, 6) is -0.381. The molecule has 0 radical (unpaired) electrons. The van der Waals surface area contributed by atoms with E-state index in [0.717, 1.165) is 38.5 Å². The lowest BCUT2D eigenvalue weighted by atomic mass is 9.96. The summed E-state index contributed by atoms with van der Waals surface area (Å²) in [5, 5.41) is 5.90. The van der Waals surface area contributed by atoms with E-state index in [1.807, 2.05) is 12.1 Å². The standard InChI is InChI=1S/C21H26N4O3S/c1-13(18(26)24-20(28)22-14-7-3-2-4-8-14)29-21-23-17-10-6-5-9-16(17)19(27)25(21)15-11-12-15/h5-6,9-10,13-15H,2-4,7-8,11-12H2,1H3,(H2,22,24,26,28)/t13-/m1/s1. The number of urea groups is 1. The van der Waals surface area contributed by atoms with Crippen LogP contribution in [0.5, 0.6) is 0 Å². The summed E-state index contributed by atoms with van der Waals surface area (Å²) in [5.41, 5.74) is 0.558. The average molecular weight is 415 g/mol. The lowest BCUT2D eigenvalue weighted by Crippen LogP contribution is -2.47. The SMILES string of the molecule is C[C@@H](Sc1nc2ccccc2c(=O)n1C1CC1)C(=O)NC(=O)NC1CCCCC1. The van der Waals surface area contributed by atoms with Crippen LogP contribution in [-0.4, -0.2) is 32.8 Å². The van der Waals surface area contributed by atoms with Gasteiger partial charge in [0.25, 0.3) is 5.56 Å². The Morgan fingerprint density at radius 1 is 1.14 bits per heavy atom. The number of amides is 3. The molecule has 4 rings (SSSR count). The van der Waals surface area contributed by atoms with Gasteiger partial charge in [-0.15, -0.1) is 0 Å². The summed E-state index contributed by atoms with van der Waals surface area (Å²) in [6, 6.07) is 7.10. The van der Waals surface area contributed by atoms with Gasteiger partial charge in [-0.05, 0) is 44.7 Å². The number of benzene rings is 1. The number of fused-ring (bicyclic) bond motifs is 1. The van der Waals surface area contributed by atoms with Gasteiger partial charge in [0.1, 0.15) is 0 Å². The van der Waals surface area contributed by atoms with Crippen molar-refractivity contribution in [2.75, 3.05) is 0 Å². The first-order valence-electron chi connectivity index (χ1n) is 10.3. The third-order valence-corrected chi connectivity index (χ3v) is 6.58. The number of imide groups is 1. The molecule has 1 aromatic heterocycles. The van der Waals surface area contributed by atoms with Gasteiger partial charge in [-0.1, -0.05) is 43.2 Å². The maximum Gasteiger partial charge on any atom is 0.321 e. The second-order valence-electron chi connectivity index (χ2n) is 7.88. The topological polar surface area (TPSA) is 93.1 Å². The third-order valence-electron chi connectivity index (χ3n) is 5.52. The molecular weight excluding hydrogens is 388 g/mol. The first kappa shape index (κ1) is 19.9. The third kappa shape index (κ3) is 4.63. The maximum absolute atomic E-state index is 12.9. The highest BCUT2D eigenvalue weighted by atomic mass is 32.2. The van der Waals surface area contributed by atoms with Crippen molar-refractivity contribution < 1.29 is 9.59 Å². The summed E-state index contributed by atoms with van der Waals surface area (Å²) in [6.07, 6.45) is 7.22. The van der Waals surface area contributed by atoms with Gasteiger partial charge in [0.2, 0.25) is 5.91 Å². The van der Waals surface area contributed by atoms with E-state index in [2.05, 4.69) is 15.6 Å². The summed E-state index contributed by atoms with van der Waals surface area (Å²) in [7, 11) is 0. The van der Waals surface area contributed by atoms with Crippen LogP contribution in [0.25, 0.3) is 10.9 Å². The van der Waals surface area contributed by atoms with E-state index < -0.39 is 11.3 Å². The molecule has 0 aliphatic heterocycles. The molecule has 7 nitrogen and oxygen atoms in total. The second kappa shape index (κ2) is 8.57. The van der Waals surface area contributed by atoms with Crippen LogP contribution in [0.1, 0.15) is 57.9 Å². The van der Waals surface area contributed by atoms with Gasteiger partial charge in [-0.2, -0.15) is 0 Å². The Labute approximate surface area is 173 Å². The van der Waals surface area contributed by atoms with E-state index in [9.17, 15) is 14.4 Å². The van der Waals surface area contributed by atoms with Gasteiger partial charge in [-0.25, -0.2) is 9.78 Å². The molecule has 8 heteroatoms. The van der Waals surface area contributed by atoms with Gasteiger partial charge in [-0.3, -0.25) is 19.5 Å². The highest BCUT2D eigenvalue weighted by Crippen LogP contribution is 2.37. The van der Waals surface area contributed by atoms with Crippen molar-refractivity contribution in [3.63, 3.8) is 0 Å². The molecule has 0 unspecified atom stereocenters. The summed E-state index contributed by atoms with van der Waals surface area (Å²) in [4.78, 5) is 42.3. The molecule has 2 aromatic rings. The Hall–Kier alpha value is -2.35. The molecule has 2 fully saturated rings. The number of carbonyl (C=O) groups excluding carboxylic acids is 2. The molecule has 0 spiro atoms.